The average Bonchev–Trinajstić information content (AvgIpc) is 1.39. The summed E-state index contributed by atoms with van der Waals surface area (Å²) in [5, 5.41) is 151. The molecule has 0 aliphatic rings. The van der Waals surface area contributed by atoms with Gasteiger partial charge in [0.2, 0.25) is 0 Å². The number of likely N-dealkylation sites (N-methyl/N-ethyl adjacent to an activating group) is 11. The van der Waals surface area contributed by atoms with Gasteiger partial charge < -0.3 is 140 Å². The summed E-state index contributed by atoms with van der Waals surface area (Å²) in [6.07, 6.45) is 5.91. The molecule has 5 aromatic carbocycles. The molecule has 0 saturated carbocycles. The number of phenols is 1. The quantitative estimate of drug-likeness (QED) is 0.0262. The molecule has 0 fully saturated rings. The highest BCUT2D eigenvalue weighted by Crippen LogP contribution is 2.16. The van der Waals surface area contributed by atoms with Crippen LogP contribution < -0.4 is 63.2 Å². The Bertz CT molecular complexity index is 4020. The first-order valence-electron chi connectivity index (χ1n) is 37.5. The zero-order valence-electron chi connectivity index (χ0n) is 71.4. The predicted molar refractivity (Wildman–Crippen MR) is 475 cm³/mol. The number of carboxylic acids is 12. The summed E-state index contributed by atoms with van der Waals surface area (Å²) in [4.78, 5) is 135. The lowest BCUT2D eigenvalue weighted by Crippen LogP contribution is -2.36. The van der Waals surface area contributed by atoms with Gasteiger partial charge in [-0.1, -0.05) is 109 Å². The minimum atomic E-state index is -1.15. The van der Waals surface area contributed by atoms with Gasteiger partial charge in [-0.15, -0.1) is 11.3 Å². The van der Waals surface area contributed by atoms with Gasteiger partial charge in [-0.2, -0.15) is 0 Å². The molecule has 0 bridgehead atoms. The Morgan fingerprint density at radius 2 is 0.754 bits per heavy atom. The van der Waals surface area contributed by atoms with Crippen molar-refractivity contribution in [2.45, 2.75) is 126 Å². The van der Waals surface area contributed by atoms with Crippen LogP contribution in [0.25, 0.3) is 0 Å². The highest BCUT2D eigenvalue weighted by atomic mass is 35.5. The van der Waals surface area contributed by atoms with Crippen LogP contribution in [0.4, 0.5) is 0 Å². The van der Waals surface area contributed by atoms with Gasteiger partial charge in [-0.3, -0.25) is 57.5 Å². The molecule has 10 atom stereocenters. The van der Waals surface area contributed by atoms with E-state index in [9.17, 15) is 57.5 Å². The zero-order chi connectivity index (χ0) is 96.1. The van der Waals surface area contributed by atoms with Gasteiger partial charge in [0.25, 0.3) is 0 Å². The third-order valence-corrected chi connectivity index (χ3v) is 17.4. The maximum absolute atomic E-state index is 10.8. The Morgan fingerprint density at radius 1 is 0.405 bits per heavy atom. The van der Waals surface area contributed by atoms with E-state index in [0.29, 0.717) is 55.0 Å². The topological polar surface area (TPSA) is 671 Å². The number of nitrogens with zero attached hydrogens (tertiary/aromatic N) is 2. The third-order valence-electron chi connectivity index (χ3n) is 16.3. The van der Waals surface area contributed by atoms with E-state index in [-0.39, 0.29) is 26.3 Å². The number of aromatic hydroxyl groups is 1. The van der Waals surface area contributed by atoms with Crippen molar-refractivity contribution < 1.29 is 134 Å². The summed E-state index contributed by atoms with van der Waals surface area (Å²) >= 11 is 13.0. The maximum atomic E-state index is 10.8. The zero-order valence-corrected chi connectivity index (χ0v) is 73.7. The summed E-state index contributed by atoms with van der Waals surface area (Å²) in [6.45, 7) is 1.26. The molecule has 0 aliphatic heterocycles. The minimum absolute atomic E-state index is 0. The molecule has 7 aromatic rings. The summed E-state index contributed by atoms with van der Waals surface area (Å²) in [5.74, 6) is -9.91. The van der Waals surface area contributed by atoms with Crippen LogP contribution in [0.3, 0.4) is 0 Å². The molecule has 0 radical (unpaired) electrons. The van der Waals surface area contributed by atoms with Crippen molar-refractivity contribution >= 4 is 106 Å². The number of carbonyl (C=O) groups is 12. The fourth-order valence-electron chi connectivity index (χ4n) is 8.88. The number of benzene rings is 5. The summed E-state index contributed by atoms with van der Waals surface area (Å²) < 4.78 is 5.02. The maximum Gasteiger partial charge on any atom is 0.323 e. The first-order valence-corrected chi connectivity index (χ1v) is 39.2. The van der Waals surface area contributed by atoms with E-state index in [1.807, 2.05) is 84.2 Å². The normalized spacial score (nSPS) is 12.3. The van der Waals surface area contributed by atoms with Crippen molar-refractivity contribution in [3.05, 3.63) is 200 Å². The predicted octanol–water partition coefficient (Wildman–Crippen LogP) is 2.90. The molecule has 0 spiro atoms. The van der Waals surface area contributed by atoms with Crippen molar-refractivity contribution in [3.63, 3.8) is 0 Å². The second kappa shape index (κ2) is 74.7. The molecule has 126 heavy (non-hydrogen) atoms. The number of rotatable bonds is 40. The molecule has 41 nitrogen and oxygen atoms in total. The van der Waals surface area contributed by atoms with Crippen LogP contribution in [0.15, 0.2) is 151 Å². The third kappa shape index (κ3) is 62.4. The van der Waals surface area contributed by atoms with Crippen LogP contribution in [0.1, 0.15) is 60.0 Å². The molecule has 7 rings (SSSR count). The van der Waals surface area contributed by atoms with Gasteiger partial charge >= 0.3 is 71.6 Å². The van der Waals surface area contributed by atoms with Gasteiger partial charge in [0.05, 0.1) is 44.2 Å². The number of hydrogen-bond donors (Lipinski definition) is 26. The van der Waals surface area contributed by atoms with E-state index in [2.05, 4.69) is 73.4 Å². The monoisotopic (exact) mass is 1840 g/mol. The second-order valence-corrected chi connectivity index (χ2v) is 27.0. The second-order valence-electron chi connectivity index (χ2n) is 25.4. The Morgan fingerprint density at radius 3 is 1.02 bits per heavy atom. The van der Waals surface area contributed by atoms with E-state index < -0.39 is 138 Å². The molecule has 2 aromatic heterocycles. The van der Waals surface area contributed by atoms with Crippen LogP contribution in [0.2, 0.25) is 10.0 Å². The van der Waals surface area contributed by atoms with E-state index in [4.69, 9.17) is 99.4 Å². The fraction of sp³-hybridized carbons (Fsp3) is 0.415. The lowest BCUT2D eigenvalue weighted by Gasteiger charge is -2.11. The van der Waals surface area contributed by atoms with E-state index in [0.717, 1.165) is 45.0 Å². The Balaban J connectivity index is -0.000000429. The van der Waals surface area contributed by atoms with Crippen molar-refractivity contribution in [3.8, 4) is 11.5 Å². The average molecular weight is 1840 g/mol. The molecule has 26 N–H and O–H groups in total. The summed E-state index contributed by atoms with van der Waals surface area (Å²) in [7, 11) is 19.1. The number of aliphatic hydroxyl groups is 1. The van der Waals surface area contributed by atoms with Crippen molar-refractivity contribution in [1.82, 2.24) is 73.4 Å². The lowest BCUT2D eigenvalue weighted by molar-refractivity contribution is -0.145. The number of nitrogens with one attached hydrogen (secondary N) is 12. The Kier molecular flexibility index (Phi) is 72.8. The van der Waals surface area contributed by atoms with Crippen LogP contribution in [-0.2, 0) is 102 Å². The molecule has 704 valence electrons. The number of H-pyrrole nitrogens is 1. The molecular weight excluding hydrogens is 1720 g/mol. The number of imidazole rings is 1. The number of aromatic nitrogens is 3. The van der Waals surface area contributed by atoms with Crippen LogP contribution in [0.5, 0.6) is 11.5 Å². The Labute approximate surface area is 745 Å². The number of hydrogen-bond acceptors (Lipinski definition) is 29. The van der Waals surface area contributed by atoms with Crippen LogP contribution in [0, 0.1) is 0 Å². The van der Waals surface area contributed by atoms with E-state index in [1.165, 1.54) is 31.8 Å². The SMILES string of the molecule is C.CNCC(=O)O.CN[C@@H](C)C(=O)O.CN[C@@H](CC(=O)O)C(=O)O.CN[C@@H](CO)C(=O)O.CN[C@@H](Cc1ccc(Cl)cc1)C(=O)O.CN[C@@H](Cc1ccc(O)cc1)C(=O)O.CN[C@@H](Cc1ccc(OC)cc1)C(=O)O.CN[C@@H](Cc1cccc(Cl)c1)C(=O)O.CN[C@@H](Cc1ccccc1)C(=O)O.CN[C@@H](Cc1cnc[nH]1)C(=O)O.CN[C@@H](Cc1cscn1)C(=O)O. The molecular formula is C82H124Cl2N14O27S. The van der Waals surface area contributed by atoms with Gasteiger partial charge in [0.15, 0.2) is 0 Å². The van der Waals surface area contributed by atoms with Gasteiger partial charge in [0, 0.05) is 40.2 Å². The fourth-order valence-corrected chi connectivity index (χ4v) is 9.79. The molecule has 2 heterocycles. The molecule has 0 unspecified atom stereocenters. The summed E-state index contributed by atoms with van der Waals surface area (Å²) in [6, 6.07) is 31.8. The molecule has 0 amide bonds. The van der Waals surface area contributed by atoms with Crippen molar-refractivity contribution in [2.75, 3.05) is 97.8 Å². The van der Waals surface area contributed by atoms with E-state index in [1.54, 1.807) is 138 Å². The number of aliphatic carboxylic acids is 12. The number of thiazole rings is 1. The largest absolute Gasteiger partial charge is 0.508 e. The Hall–Kier alpha value is -11.7. The number of aliphatic hydroxyl groups excluding tert-OH is 1. The van der Waals surface area contributed by atoms with Gasteiger partial charge in [-0.25, -0.2) is 9.97 Å². The number of aromatic amines is 1. The number of methoxy groups -OCH3 is 1. The number of ether oxygens (including phenoxy) is 1. The number of phenolic OH excluding ortho intramolecular Hbond substituents is 1. The molecule has 0 saturated heterocycles. The lowest BCUT2D eigenvalue weighted by atomic mass is 10.1. The first kappa shape index (κ1) is 123. The smallest absolute Gasteiger partial charge is 0.323 e. The van der Waals surface area contributed by atoms with Crippen LogP contribution in [-0.4, -0.2) is 316 Å². The number of carboxylic acid groups (broad SMARTS) is 12. The van der Waals surface area contributed by atoms with Gasteiger partial charge in [0.1, 0.15) is 71.9 Å². The van der Waals surface area contributed by atoms with Crippen molar-refractivity contribution in [1.29, 1.82) is 0 Å². The highest BCUT2D eigenvalue weighted by Gasteiger charge is 2.22. The van der Waals surface area contributed by atoms with Gasteiger partial charge in [-0.05, 0) is 193 Å². The molecule has 0 aliphatic carbocycles. The van der Waals surface area contributed by atoms with Crippen LogP contribution >= 0.6 is 34.5 Å². The highest BCUT2D eigenvalue weighted by molar-refractivity contribution is 7.07. The van der Waals surface area contributed by atoms with E-state index >= 15 is 0 Å². The standard InChI is InChI=1S/C11H15NO3.2C10H12ClNO2.C10H13NO3.C10H13NO2.C7H11N3O2.C7H10N2O2S.C5H9NO4.C4H9NO3.C4H9NO2.C3H7NO2.CH4/c1-12-10(11(13)14)7-8-3-5-9(15-2)6-4-8;1-12-9(10(13)14)6-7-2-4-8(11)5-3-7;1-12-9(10(13)14)6-7-3-2-4-8(11)5-7;1-11-9(10(13)14)6-7-2-4-8(12)5-3-7;1-11-9(10(12)13)7-8-5-3-2-4-6-8;1-8-6(7(11)12)2-5-3-9-4-10-5;1-8-6(7(10)11)2-5-3-12-4-9-5;1-6-3(5(9)10)2-4(7)8;1-5-3(2-6)4(7)8;1-3(5-2)4(6)7;1-4-2-3(5)6;/h3-6,10,12H,7H2,1-2H3,(H,13,14);2*2-5,9,12H,6H2,1H3,(H,13,14);2-5,9,11-12H,6H2,1H3,(H,13,14);2-6,9,11H,7H2,1H3,(H,12,13);3-4,6,8H,2H2,1H3,(H,9,10)(H,11,12);3-4,6,8H,2H2,1H3,(H,10,11);3,6H,2H2,1H3,(H,7,8)(H,9,10);3,5-6H,2H2,1H3,(H,7,8);3,5H,1-2H3,(H,6,7);4H,2H2,1H3,(H,5,6);1H4/t10-;4*9-;2*6-;3*3-;;/m0000000000../s1. The van der Waals surface area contributed by atoms with Crippen molar-refractivity contribution in [2.24, 2.45) is 0 Å². The number of halogens is 2. The minimum Gasteiger partial charge on any atom is -0.508 e. The first-order chi connectivity index (χ1) is 59.0. The molecule has 44 heteroatoms. The summed E-state index contributed by atoms with van der Waals surface area (Å²) in [5.41, 5.74) is 8.09.